The molecular weight excluding hydrogens is 311 g/mol. The summed E-state index contributed by atoms with van der Waals surface area (Å²) >= 11 is 0. The van der Waals surface area contributed by atoms with Crippen LogP contribution in [0.3, 0.4) is 0 Å². The fraction of sp³-hybridized carbons (Fsp3) is 0.533. The van der Waals surface area contributed by atoms with Crippen LogP contribution in [0.1, 0.15) is 19.0 Å². The molecule has 3 rings (SSSR count). The first-order chi connectivity index (χ1) is 10.9. The van der Waals surface area contributed by atoms with Crippen LogP contribution in [-0.4, -0.2) is 34.8 Å². The molecule has 0 spiro atoms. The smallest absolute Gasteiger partial charge is 0.434 e. The van der Waals surface area contributed by atoms with Gasteiger partial charge in [-0.25, -0.2) is 4.98 Å². The summed E-state index contributed by atoms with van der Waals surface area (Å²) in [4.78, 5) is 3.69. The van der Waals surface area contributed by atoms with Crippen molar-refractivity contribution in [1.82, 2.24) is 14.9 Å². The van der Waals surface area contributed by atoms with E-state index in [4.69, 9.17) is 9.15 Å². The fourth-order valence-corrected chi connectivity index (χ4v) is 2.65. The first kappa shape index (κ1) is 16.1. The number of furan rings is 1. The summed E-state index contributed by atoms with van der Waals surface area (Å²) in [7, 11) is 0. The first-order valence-corrected chi connectivity index (χ1v) is 7.48. The quantitative estimate of drug-likeness (QED) is 0.937. The monoisotopic (exact) mass is 329 g/mol. The first-order valence-electron chi connectivity index (χ1n) is 7.48. The summed E-state index contributed by atoms with van der Waals surface area (Å²) in [6.45, 7) is 3.82. The molecule has 5 nitrogen and oxygen atoms in total. The third-order valence-corrected chi connectivity index (χ3v) is 3.73. The van der Waals surface area contributed by atoms with Gasteiger partial charge >= 0.3 is 6.18 Å². The van der Waals surface area contributed by atoms with Crippen molar-refractivity contribution < 1.29 is 22.3 Å². The molecule has 0 amide bonds. The predicted molar refractivity (Wildman–Crippen MR) is 76.8 cm³/mol. The van der Waals surface area contributed by atoms with Gasteiger partial charge in [0.1, 0.15) is 0 Å². The molecule has 2 aromatic heterocycles. The van der Waals surface area contributed by atoms with E-state index in [2.05, 4.69) is 10.3 Å². The number of imidazole rings is 1. The second-order valence-corrected chi connectivity index (χ2v) is 5.63. The Labute approximate surface area is 131 Å². The van der Waals surface area contributed by atoms with Gasteiger partial charge in [0.05, 0.1) is 18.5 Å². The van der Waals surface area contributed by atoms with E-state index in [1.807, 2.05) is 6.92 Å². The molecule has 2 unspecified atom stereocenters. The van der Waals surface area contributed by atoms with Gasteiger partial charge in [0.15, 0.2) is 17.3 Å². The maximum atomic E-state index is 12.9. The highest BCUT2D eigenvalue weighted by molar-refractivity contribution is 5.48. The lowest BCUT2D eigenvalue weighted by molar-refractivity contribution is -0.140. The molecule has 126 valence electrons. The van der Waals surface area contributed by atoms with Gasteiger partial charge in [0, 0.05) is 25.8 Å². The van der Waals surface area contributed by atoms with Crippen molar-refractivity contribution in [1.29, 1.82) is 0 Å². The zero-order valence-corrected chi connectivity index (χ0v) is 12.6. The Kier molecular flexibility index (Phi) is 4.45. The Balaban J connectivity index is 1.78. The summed E-state index contributed by atoms with van der Waals surface area (Å²) in [6, 6.07) is 3.22. The lowest BCUT2D eigenvalue weighted by Gasteiger charge is -2.28. The van der Waals surface area contributed by atoms with E-state index in [-0.39, 0.29) is 18.0 Å². The number of aromatic nitrogens is 2. The molecule has 0 saturated carbocycles. The third kappa shape index (κ3) is 3.76. The van der Waals surface area contributed by atoms with E-state index in [1.165, 1.54) is 10.8 Å². The van der Waals surface area contributed by atoms with Crippen LogP contribution in [0.2, 0.25) is 0 Å². The summed E-state index contributed by atoms with van der Waals surface area (Å²) in [5.74, 6) is 0.496. The highest BCUT2D eigenvalue weighted by Gasteiger charge is 2.35. The number of nitrogens with one attached hydrogen (secondary N) is 1. The van der Waals surface area contributed by atoms with E-state index < -0.39 is 11.9 Å². The van der Waals surface area contributed by atoms with Crippen molar-refractivity contribution in [2.45, 2.75) is 38.3 Å². The highest BCUT2D eigenvalue weighted by atomic mass is 19.4. The number of hydrogen-bond donors (Lipinski definition) is 1. The van der Waals surface area contributed by atoms with Crippen molar-refractivity contribution >= 4 is 0 Å². The maximum Gasteiger partial charge on any atom is 0.434 e. The minimum absolute atomic E-state index is 0.0278. The Morgan fingerprint density at radius 2 is 2.22 bits per heavy atom. The van der Waals surface area contributed by atoms with E-state index in [0.29, 0.717) is 25.3 Å². The molecule has 23 heavy (non-hydrogen) atoms. The number of nitrogens with zero attached hydrogens (tertiary/aromatic N) is 2. The number of hydrogen-bond acceptors (Lipinski definition) is 4. The van der Waals surface area contributed by atoms with Gasteiger partial charge in [-0.3, -0.25) is 0 Å². The van der Waals surface area contributed by atoms with Crippen molar-refractivity contribution in [3.63, 3.8) is 0 Å². The Bertz CT molecular complexity index is 637. The molecule has 1 N–H and O–H groups in total. The molecule has 1 aliphatic heterocycles. The molecule has 1 aliphatic rings. The molecule has 1 saturated heterocycles. The van der Waals surface area contributed by atoms with Crippen molar-refractivity contribution in [2.75, 3.05) is 13.1 Å². The zero-order chi connectivity index (χ0) is 16.4. The number of aryl methyl sites for hydroxylation is 1. The minimum atomic E-state index is -4.48. The largest absolute Gasteiger partial charge is 0.461 e. The van der Waals surface area contributed by atoms with Crippen LogP contribution in [0, 0.1) is 0 Å². The van der Waals surface area contributed by atoms with Crippen LogP contribution in [0.25, 0.3) is 11.6 Å². The molecule has 0 aromatic carbocycles. The number of morpholine rings is 1. The van der Waals surface area contributed by atoms with Gasteiger partial charge in [-0.15, -0.1) is 0 Å². The van der Waals surface area contributed by atoms with Crippen LogP contribution in [0.5, 0.6) is 0 Å². The number of alkyl halides is 3. The third-order valence-electron chi connectivity index (χ3n) is 3.73. The van der Waals surface area contributed by atoms with Crippen LogP contribution < -0.4 is 5.32 Å². The van der Waals surface area contributed by atoms with Crippen LogP contribution in [-0.2, 0) is 17.5 Å². The van der Waals surface area contributed by atoms with Crippen molar-refractivity contribution in [2.24, 2.45) is 0 Å². The van der Waals surface area contributed by atoms with Crippen LogP contribution in [0.15, 0.2) is 29.0 Å². The van der Waals surface area contributed by atoms with E-state index in [9.17, 15) is 13.2 Å². The minimum Gasteiger partial charge on any atom is -0.461 e. The standard InChI is InChI=1S/C15H18F3N3O2/c1-10-7-19-8-11(23-10)4-5-21-9-13(15(16,17)18)20-14(21)12-3-2-6-22-12/h2-3,6,9-11,19H,4-5,7-8H2,1H3. The summed E-state index contributed by atoms with van der Waals surface area (Å²) < 4.78 is 51.2. The van der Waals surface area contributed by atoms with Gasteiger partial charge in [-0.1, -0.05) is 0 Å². The Morgan fingerprint density at radius 3 is 2.87 bits per heavy atom. The summed E-state index contributed by atoms with van der Waals surface area (Å²) in [5.41, 5.74) is -0.917. The topological polar surface area (TPSA) is 52.2 Å². The van der Waals surface area contributed by atoms with Gasteiger partial charge < -0.3 is 19.0 Å². The molecule has 2 aromatic rings. The fourth-order valence-electron chi connectivity index (χ4n) is 2.65. The van der Waals surface area contributed by atoms with Crippen molar-refractivity contribution in [3.8, 4) is 11.6 Å². The average molecular weight is 329 g/mol. The van der Waals surface area contributed by atoms with Gasteiger partial charge in [-0.05, 0) is 25.5 Å². The molecule has 8 heteroatoms. The molecule has 3 heterocycles. The Morgan fingerprint density at radius 1 is 1.39 bits per heavy atom. The maximum absolute atomic E-state index is 12.9. The van der Waals surface area contributed by atoms with E-state index in [1.54, 1.807) is 12.1 Å². The van der Waals surface area contributed by atoms with Gasteiger partial charge in [0.2, 0.25) is 0 Å². The van der Waals surface area contributed by atoms with Crippen LogP contribution >= 0.6 is 0 Å². The lowest BCUT2D eigenvalue weighted by atomic mass is 10.2. The van der Waals surface area contributed by atoms with Gasteiger partial charge in [-0.2, -0.15) is 13.2 Å². The van der Waals surface area contributed by atoms with E-state index >= 15 is 0 Å². The molecule has 2 atom stereocenters. The second-order valence-electron chi connectivity index (χ2n) is 5.63. The van der Waals surface area contributed by atoms with Gasteiger partial charge in [0.25, 0.3) is 0 Å². The van der Waals surface area contributed by atoms with Crippen LogP contribution in [0.4, 0.5) is 13.2 Å². The number of halogens is 3. The lowest BCUT2D eigenvalue weighted by Crippen LogP contribution is -2.43. The number of ether oxygens (including phenoxy) is 1. The molecule has 0 radical (unpaired) electrons. The molecule has 1 fully saturated rings. The SMILES string of the molecule is CC1CNCC(CCn2cc(C(F)(F)F)nc2-c2ccco2)O1. The second kappa shape index (κ2) is 6.37. The normalized spacial score (nSPS) is 22.4. The molecule has 0 aliphatic carbocycles. The average Bonchev–Trinajstić information content (AvgIpc) is 3.13. The Hall–Kier alpha value is -1.80. The number of rotatable bonds is 4. The highest BCUT2D eigenvalue weighted by Crippen LogP contribution is 2.31. The summed E-state index contributed by atoms with van der Waals surface area (Å²) in [5, 5.41) is 3.24. The molecular formula is C15H18F3N3O2. The summed E-state index contributed by atoms with van der Waals surface area (Å²) in [6.07, 6.45) is -1.37. The van der Waals surface area contributed by atoms with E-state index in [0.717, 1.165) is 12.7 Å². The predicted octanol–water partition coefficient (Wildman–Crippen LogP) is 2.93. The van der Waals surface area contributed by atoms with Crippen molar-refractivity contribution in [3.05, 3.63) is 30.3 Å². The zero-order valence-electron chi connectivity index (χ0n) is 12.6. The molecule has 0 bridgehead atoms.